The first-order valence-corrected chi connectivity index (χ1v) is 7.24. The molecule has 0 spiro atoms. The third-order valence-corrected chi connectivity index (χ3v) is 4.58. The van der Waals surface area contributed by atoms with E-state index in [1.54, 1.807) is 17.4 Å². The van der Waals surface area contributed by atoms with Gasteiger partial charge in [0.2, 0.25) is 0 Å². The molecular formula is C13H14BrFN2S. The van der Waals surface area contributed by atoms with Gasteiger partial charge in [0.15, 0.2) is 0 Å². The number of halogens is 2. The van der Waals surface area contributed by atoms with Crippen molar-refractivity contribution in [1.82, 2.24) is 4.98 Å². The summed E-state index contributed by atoms with van der Waals surface area (Å²) in [7, 11) is 0. The van der Waals surface area contributed by atoms with E-state index in [9.17, 15) is 4.39 Å². The van der Waals surface area contributed by atoms with Crippen LogP contribution < -0.4 is 5.32 Å². The van der Waals surface area contributed by atoms with Crippen molar-refractivity contribution in [2.24, 2.45) is 0 Å². The second-order valence-electron chi connectivity index (χ2n) is 4.17. The number of hydrogen-bond donors (Lipinski definition) is 1. The lowest BCUT2D eigenvalue weighted by Crippen LogP contribution is -2.07. The lowest BCUT2D eigenvalue weighted by atomic mass is 10.2. The molecule has 1 aromatic carbocycles. The van der Waals surface area contributed by atoms with E-state index >= 15 is 0 Å². The van der Waals surface area contributed by atoms with Gasteiger partial charge in [-0.3, -0.25) is 0 Å². The molecule has 1 N–H and O–H groups in total. The number of nitrogens with zero attached hydrogens (tertiary/aromatic N) is 1. The Bertz CT molecular complexity index is 568. The Morgan fingerprint density at radius 3 is 2.72 bits per heavy atom. The molecule has 96 valence electrons. The second kappa shape index (κ2) is 5.36. The maximum Gasteiger partial charge on any atom is 0.125 e. The molecular weight excluding hydrogens is 315 g/mol. The van der Waals surface area contributed by atoms with Crippen LogP contribution in [-0.2, 0) is 0 Å². The molecule has 18 heavy (non-hydrogen) atoms. The molecule has 0 saturated carbocycles. The molecule has 0 fully saturated rings. The quantitative estimate of drug-likeness (QED) is 0.872. The summed E-state index contributed by atoms with van der Waals surface area (Å²) in [5.74, 6) is -0.245. The van der Waals surface area contributed by atoms with Crippen molar-refractivity contribution in [1.29, 1.82) is 0 Å². The average molecular weight is 329 g/mol. The molecule has 1 unspecified atom stereocenters. The van der Waals surface area contributed by atoms with Crippen LogP contribution in [0.2, 0.25) is 0 Å². The summed E-state index contributed by atoms with van der Waals surface area (Å²) >= 11 is 5.08. The smallest absolute Gasteiger partial charge is 0.125 e. The van der Waals surface area contributed by atoms with Crippen LogP contribution >= 0.6 is 27.3 Å². The van der Waals surface area contributed by atoms with Gasteiger partial charge in [-0.2, -0.15) is 0 Å². The zero-order valence-electron chi connectivity index (χ0n) is 10.4. The number of hydrogen-bond acceptors (Lipinski definition) is 3. The monoisotopic (exact) mass is 328 g/mol. The van der Waals surface area contributed by atoms with Crippen LogP contribution in [0, 0.1) is 19.7 Å². The minimum atomic E-state index is -0.245. The van der Waals surface area contributed by atoms with Gasteiger partial charge in [-0.15, -0.1) is 11.3 Å². The number of aromatic nitrogens is 1. The van der Waals surface area contributed by atoms with E-state index in [1.807, 2.05) is 13.8 Å². The van der Waals surface area contributed by atoms with E-state index < -0.39 is 0 Å². The van der Waals surface area contributed by atoms with Crippen LogP contribution in [0.5, 0.6) is 0 Å². The van der Waals surface area contributed by atoms with Gasteiger partial charge in [-0.1, -0.05) is 0 Å². The first kappa shape index (κ1) is 13.5. The standard InChI is InChI=1S/C13H14BrFN2S/c1-7-13(18-9(3)16-7)8(2)17-12-6-10(15)4-5-11(12)14/h4-6,8,17H,1-3H3. The SMILES string of the molecule is Cc1nc(C)c(C(C)Nc2cc(F)ccc2Br)s1. The minimum absolute atomic E-state index is 0.106. The van der Waals surface area contributed by atoms with Gasteiger partial charge in [-0.25, -0.2) is 9.37 Å². The molecule has 0 amide bonds. The zero-order chi connectivity index (χ0) is 13.3. The number of benzene rings is 1. The van der Waals surface area contributed by atoms with Crippen LogP contribution in [0.1, 0.15) is 28.5 Å². The average Bonchev–Trinajstić information content (AvgIpc) is 2.63. The van der Waals surface area contributed by atoms with E-state index in [2.05, 4.69) is 33.2 Å². The fraction of sp³-hybridized carbons (Fsp3) is 0.308. The second-order valence-corrected chi connectivity index (χ2v) is 6.26. The number of anilines is 1. The highest BCUT2D eigenvalue weighted by Crippen LogP contribution is 2.30. The minimum Gasteiger partial charge on any atom is -0.377 e. The van der Waals surface area contributed by atoms with Crippen LogP contribution in [0.25, 0.3) is 0 Å². The van der Waals surface area contributed by atoms with Gasteiger partial charge in [0, 0.05) is 9.35 Å². The van der Waals surface area contributed by atoms with Crippen LogP contribution in [0.4, 0.5) is 10.1 Å². The lowest BCUT2D eigenvalue weighted by molar-refractivity contribution is 0.627. The van der Waals surface area contributed by atoms with Crippen LogP contribution in [0.15, 0.2) is 22.7 Å². The molecule has 0 aliphatic carbocycles. The number of nitrogens with one attached hydrogen (secondary N) is 1. The third-order valence-electron chi connectivity index (χ3n) is 2.63. The highest BCUT2D eigenvalue weighted by Gasteiger charge is 2.14. The zero-order valence-corrected chi connectivity index (χ0v) is 12.8. The van der Waals surface area contributed by atoms with Gasteiger partial charge in [0.05, 0.1) is 22.4 Å². The largest absolute Gasteiger partial charge is 0.377 e. The summed E-state index contributed by atoms with van der Waals surface area (Å²) in [5, 5.41) is 4.36. The van der Waals surface area contributed by atoms with Crippen molar-refractivity contribution >= 4 is 33.0 Å². The maximum absolute atomic E-state index is 13.2. The molecule has 5 heteroatoms. The maximum atomic E-state index is 13.2. The van der Waals surface area contributed by atoms with Crippen LogP contribution in [-0.4, -0.2) is 4.98 Å². The number of thiazole rings is 1. The van der Waals surface area contributed by atoms with Gasteiger partial charge in [-0.05, 0) is 54.9 Å². The topological polar surface area (TPSA) is 24.9 Å². The molecule has 1 aromatic heterocycles. The highest BCUT2D eigenvalue weighted by atomic mass is 79.9. The first-order chi connectivity index (χ1) is 8.47. The third kappa shape index (κ3) is 2.90. The predicted octanol–water partition coefficient (Wildman–Crippen LogP) is 4.83. The van der Waals surface area contributed by atoms with Gasteiger partial charge < -0.3 is 5.32 Å². The predicted molar refractivity (Wildman–Crippen MR) is 77.7 cm³/mol. The van der Waals surface area contributed by atoms with Gasteiger partial charge in [0.1, 0.15) is 5.82 Å². The van der Waals surface area contributed by atoms with Crippen molar-refractivity contribution in [3.8, 4) is 0 Å². The first-order valence-electron chi connectivity index (χ1n) is 5.63. The lowest BCUT2D eigenvalue weighted by Gasteiger charge is -2.15. The summed E-state index contributed by atoms with van der Waals surface area (Å²) in [4.78, 5) is 5.59. The van der Waals surface area contributed by atoms with Gasteiger partial charge in [0.25, 0.3) is 0 Å². The molecule has 0 radical (unpaired) electrons. The van der Waals surface area contributed by atoms with Crippen LogP contribution in [0.3, 0.4) is 0 Å². The van der Waals surface area contributed by atoms with E-state index in [-0.39, 0.29) is 11.9 Å². The Morgan fingerprint density at radius 1 is 1.39 bits per heavy atom. The summed E-state index contributed by atoms with van der Waals surface area (Å²) in [6.07, 6.45) is 0. The van der Waals surface area contributed by atoms with E-state index in [1.165, 1.54) is 17.0 Å². The Hall–Kier alpha value is -0.940. The van der Waals surface area contributed by atoms with Crippen molar-refractivity contribution in [3.63, 3.8) is 0 Å². The molecule has 0 bridgehead atoms. The molecule has 1 heterocycles. The Morgan fingerprint density at radius 2 is 2.11 bits per heavy atom. The van der Waals surface area contributed by atoms with Gasteiger partial charge >= 0.3 is 0 Å². The van der Waals surface area contributed by atoms with Crippen molar-refractivity contribution in [3.05, 3.63) is 44.1 Å². The summed E-state index contributed by atoms with van der Waals surface area (Å²) in [5.41, 5.74) is 1.79. The fourth-order valence-electron chi connectivity index (χ4n) is 1.86. The Balaban J connectivity index is 2.23. The molecule has 2 nitrogen and oxygen atoms in total. The fourth-order valence-corrected chi connectivity index (χ4v) is 3.15. The Labute approximate surface area is 118 Å². The van der Waals surface area contributed by atoms with E-state index in [0.717, 1.165) is 20.9 Å². The molecule has 1 atom stereocenters. The molecule has 0 saturated heterocycles. The summed E-state index contributed by atoms with van der Waals surface area (Å²) < 4.78 is 14.1. The molecule has 2 rings (SSSR count). The molecule has 2 aromatic rings. The molecule has 0 aliphatic rings. The van der Waals surface area contributed by atoms with Crippen molar-refractivity contribution in [2.45, 2.75) is 26.8 Å². The summed E-state index contributed by atoms with van der Waals surface area (Å²) in [6, 6.07) is 4.73. The number of aryl methyl sites for hydroxylation is 2. The van der Waals surface area contributed by atoms with Crippen molar-refractivity contribution in [2.75, 3.05) is 5.32 Å². The van der Waals surface area contributed by atoms with E-state index in [4.69, 9.17) is 0 Å². The van der Waals surface area contributed by atoms with E-state index in [0.29, 0.717) is 0 Å². The summed E-state index contributed by atoms with van der Waals surface area (Å²) in [6.45, 7) is 6.04. The number of rotatable bonds is 3. The normalized spacial score (nSPS) is 12.5. The Kier molecular flexibility index (Phi) is 4.02. The molecule has 0 aliphatic heterocycles. The highest BCUT2D eigenvalue weighted by molar-refractivity contribution is 9.10. The van der Waals surface area contributed by atoms with Crippen molar-refractivity contribution < 1.29 is 4.39 Å².